The molecule has 3 atom stereocenters. The van der Waals surface area contributed by atoms with Crippen molar-refractivity contribution >= 4 is 19.7 Å². The molecule has 0 aliphatic carbocycles. The van der Waals surface area contributed by atoms with Crippen molar-refractivity contribution in [3.63, 3.8) is 0 Å². The molecule has 0 saturated heterocycles. The third-order valence-corrected chi connectivity index (χ3v) is 12.1. The summed E-state index contributed by atoms with van der Waals surface area (Å²) in [6.07, 6.45) is 53.3. The molecule has 3 unspecified atom stereocenters. The highest BCUT2D eigenvalue weighted by atomic mass is 31.2. The Bertz CT molecular complexity index is 1290. The highest BCUT2D eigenvalue weighted by molar-refractivity contribution is 7.45. The molecule has 0 aliphatic heterocycles. The summed E-state index contributed by atoms with van der Waals surface area (Å²) in [6.45, 7) is 6.65. The normalized spacial score (nSPS) is 14.4. The summed E-state index contributed by atoms with van der Waals surface area (Å²) in [4.78, 5) is 39.6. The second kappa shape index (κ2) is 44.5. The third-order valence-electron chi connectivity index (χ3n) is 11.2. The van der Waals surface area contributed by atoms with Crippen molar-refractivity contribution in [2.45, 2.75) is 232 Å². The largest absolute Gasteiger partial charge is 0.756 e. The predicted octanol–water partition coefficient (Wildman–Crippen LogP) is 14.5. The maximum absolute atomic E-state index is 13.4. The van der Waals surface area contributed by atoms with Crippen LogP contribution >= 0.6 is 7.82 Å². The summed E-state index contributed by atoms with van der Waals surface area (Å²) in [5.41, 5.74) is 0. The fourth-order valence-corrected chi connectivity index (χ4v) is 7.83. The average Bonchev–Trinajstić information content (AvgIpc) is 3.25. The molecule has 0 aromatic carbocycles. The summed E-state index contributed by atoms with van der Waals surface area (Å²) in [7, 11) is 1.16. The van der Waals surface area contributed by atoms with Gasteiger partial charge in [-0.2, -0.15) is 0 Å². The Morgan fingerprint density at radius 3 is 1.56 bits per heavy atom. The Balaban J connectivity index is 5.42. The standard InChI is InChI=1S/C54H99N2O7P/c1-7-10-13-16-19-22-25-26-27-28-29-32-34-37-40-43-46-53(57)55-51(50-62-64(59,60)61-49-48-56(4,5)6)52(45-42-39-36-33-30-23-20-17-14-11-8-2)63-54(58)47-44-41-38-35-31-24-21-18-15-12-9-3/h10,13,18-19,21-22,26-27,42,45,51-52H,7-9,11-12,14-17,20,23-25,28-41,43-44,46-50H2,1-6H3,(H-,55,57,59,60)/b13-10+,21-18-,22-19+,27-26+,45-42-. The van der Waals surface area contributed by atoms with Gasteiger partial charge in [0, 0.05) is 12.8 Å². The van der Waals surface area contributed by atoms with E-state index in [-0.39, 0.29) is 24.9 Å². The SMILES string of the molecule is CC/C=C/C/C=C/C/C=C/CCCCCCCCC(=O)NC(COP(=O)([O-])OCC[N+](C)(C)C)C(/C=C\CCCCCCCCCCC)OC(=O)CCCCCCC/C=C\CCCC. The molecular formula is C54H99N2O7P. The third kappa shape index (κ3) is 44.9. The Hall–Kier alpha value is -2.29. The topological polar surface area (TPSA) is 114 Å². The Morgan fingerprint density at radius 1 is 0.562 bits per heavy atom. The van der Waals surface area contributed by atoms with Gasteiger partial charge in [-0.1, -0.05) is 185 Å². The monoisotopic (exact) mass is 919 g/mol. The zero-order valence-corrected chi connectivity index (χ0v) is 43.1. The minimum absolute atomic E-state index is 0.0280. The fraction of sp³-hybridized carbons (Fsp3) is 0.778. The Morgan fingerprint density at radius 2 is 1.02 bits per heavy atom. The van der Waals surface area contributed by atoms with E-state index in [0.29, 0.717) is 17.4 Å². The number of amides is 1. The van der Waals surface area contributed by atoms with E-state index in [0.717, 1.165) is 128 Å². The number of unbranched alkanes of at least 4 members (excludes halogenated alkanes) is 22. The molecule has 10 heteroatoms. The van der Waals surface area contributed by atoms with Gasteiger partial charge < -0.3 is 28.5 Å². The fourth-order valence-electron chi connectivity index (χ4n) is 7.10. The maximum atomic E-state index is 13.4. The van der Waals surface area contributed by atoms with Crippen LogP contribution in [0.3, 0.4) is 0 Å². The lowest BCUT2D eigenvalue weighted by atomic mass is 10.1. The number of carbonyl (C=O) groups excluding carboxylic acids is 2. The van der Waals surface area contributed by atoms with Crippen LogP contribution in [0.5, 0.6) is 0 Å². The van der Waals surface area contributed by atoms with Gasteiger partial charge in [-0.15, -0.1) is 0 Å². The van der Waals surface area contributed by atoms with Crippen LogP contribution in [0.4, 0.5) is 0 Å². The first-order valence-corrected chi connectivity index (χ1v) is 27.6. The maximum Gasteiger partial charge on any atom is 0.306 e. The number of phosphoric acid groups is 1. The second-order valence-corrected chi connectivity index (χ2v) is 20.0. The lowest BCUT2D eigenvalue weighted by molar-refractivity contribution is -0.870. The molecule has 0 heterocycles. The first-order valence-electron chi connectivity index (χ1n) is 26.1. The van der Waals surface area contributed by atoms with Crippen molar-refractivity contribution in [3.05, 3.63) is 60.8 Å². The summed E-state index contributed by atoms with van der Waals surface area (Å²) in [5, 5.41) is 3.00. The number of quaternary nitrogens is 1. The molecule has 64 heavy (non-hydrogen) atoms. The van der Waals surface area contributed by atoms with Gasteiger partial charge in [0.05, 0.1) is 33.8 Å². The van der Waals surface area contributed by atoms with Crippen LogP contribution in [0.25, 0.3) is 0 Å². The number of nitrogens with one attached hydrogen (secondary N) is 1. The van der Waals surface area contributed by atoms with Crippen molar-refractivity contribution in [1.29, 1.82) is 0 Å². The average molecular weight is 919 g/mol. The first kappa shape index (κ1) is 61.7. The van der Waals surface area contributed by atoms with E-state index < -0.39 is 26.6 Å². The minimum Gasteiger partial charge on any atom is -0.756 e. The first-order chi connectivity index (χ1) is 30.9. The smallest absolute Gasteiger partial charge is 0.306 e. The van der Waals surface area contributed by atoms with E-state index in [2.05, 4.69) is 74.7 Å². The number of nitrogens with zero attached hydrogens (tertiary/aromatic N) is 1. The van der Waals surface area contributed by atoms with Gasteiger partial charge >= 0.3 is 5.97 Å². The van der Waals surface area contributed by atoms with E-state index >= 15 is 0 Å². The van der Waals surface area contributed by atoms with Crippen LogP contribution in [0.2, 0.25) is 0 Å². The molecule has 9 nitrogen and oxygen atoms in total. The lowest BCUT2D eigenvalue weighted by Gasteiger charge is -2.30. The van der Waals surface area contributed by atoms with Gasteiger partial charge in [-0.05, 0) is 83.1 Å². The highest BCUT2D eigenvalue weighted by Crippen LogP contribution is 2.38. The van der Waals surface area contributed by atoms with Crippen molar-refractivity contribution in [2.75, 3.05) is 40.9 Å². The molecule has 372 valence electrons. The molecule has 1 amide bonds. The van der Waals surface area contributed by atoms with Crippen LogP contribution in [-0.2, 0) is 27.9 Å². The second-order valence-electron chi connectivity index (χ2n) is 18.6. The molecule has 0 rings (SSSR count). The van der Waals surface area contributed by atoms with E-state index in [4.69, 9.17) is 13.8 Å². The zero-order chi connectivity index (χ0) is 47.3. The van der Waals surface area contributed by atoms with Gasteiger partial charge in [0.1, 0.15) is 19.3 Å². The molecule has 0 aromatic heterocycles. The van der Waals surface area contributed by atoms with Crippen LogP contribution in [0, 0.1) is 0 Å². The zero-order valence-electron chi connectivity index (χ0n) is 42.2. The van der Waals surface area contributed by atoms with Crippen molar-refractivity contribution in [2.24, 2.45) is 0 Å². The number of hydrogen-bond acceptors (Lipinski definition) is 7. The van der Waals surface area contributed by atoms with E-state index in [9.17, 15) is 19.0 Å². The van der Waals surface area contributed by atoms with E-state index in [1.54, 1.807) is 0 Å². The van der Waals surface area contributed by atoms with Crippen molar-refractivity contribution < 1.29 is 37.3 Å². The number of likely N-dealkylation sites (N-methyl/N-ethyl adjacent to an activating group) is 1. The van der Waals surface area contributed by atoms with Gasteiger partial charge in [-0.3, -0.25) is 14.2 Å². The number of carbonyl (C=O) groups is 2. The summed E-state index contributed by atoms with van der Waals surface area (Å²) in [6, 6.07) is -0.896. The number of esters is 1. The molecule has 0 fully saturated rings. The van der Waals surface area contributed by atoms with Gasteiger partial charge in [0.2, 0.25) is 5.91 Å². The predicted molar refractivity (Wildman–Crippen MR) is 270 cm³/mol. The van der Waals surface area contributed by atoms with Crippen molar-refractivity contribution in [1.82, 2.24) is 5.32 Å². The van der Waals surface area contributed by atoms with Crippen LogP contribution < -0.4 is 10.2 Å². The van der Waals surface area contributed by atoms with E-state index in [1.165, 1.54) is 57.8 Å². The number of ether oxygens (including phenoxy) is 1. The number of phosphoric ester groups is 1. The molecule has 1 N–H and O–H groups in total. The number of allylic oxidation sites excluding steroid dienone is 9. The van der Waals surface area contributed by atoms with Crippen molar-refractivity contribution in [3.8, 4) is 0 Å². The summed E-state index contributed by atoms with van der Waals surface area (Å²) < 4.78 is 30.1. The van der Waals surface area contributed by atoms with Gasteiger partial charge in [0.15, 0.2) is 0 Å². The molecule has 0 aromatic rings. The van der Waals surface area contributed by atoms with Crippen LogP contribution in [-0.4, -0.2) is 69.4 Å². The molecule has 0 bridgehead atoms. The summed E-state index contributed by atoms with van der Waals surface area (Å²) >= 11 is 0. The lowest BCUT2D eigenvalue weighted by Crippen LogP contribution is -2.47. The molecule has 0 aliphatic rings. The van der Waals surface area contributed by atoms with Gasteiger partial charge in [0.25, 0.3) is 7.82 Å². The number of rotatable bonds is 46. The molecule has 0 spiro atoms. The Labute approximate surface area is 394 Å². The van der Waals surface area contributed by atoms with Crippen LogP contribution in [0.1, 0.15) is 220 Å². The molecular weight excluding hydrogens is 820 g/mol. The van der Waals surface area contributed by atoms with E-state index in [1.807, 2.05) is 33.3 Å². The summed E-state index contributed by atoms with van der Waals surface area (Å²) in [5.74, 6) is -0.572. The Kier molecular flexibility index (Phi) is 42.9. The van der Waals surface area contributed by atoms with Gasteiger partial charge in [-0.25, -0.2) is 0 Å². The highest BCUT2D eigenvalue weighted by Gasteiger charge is 2.27. The molecule has 0 radical (unpaired) electrons. The molecule has 0 saturated carbocycles. The number of hydrogen-bond donors (Lipinski definition) is 1. The minimum atomic E-state index is -4.69. The quantitative estimate of drug-likeness (QED) is 0.0213. The van der Waals surface area contributed by atoms with Crippen LogP contribution in [0.15, 0.2) is 60.8 Å².